The summed E-state index contributed by atoms with van der Waals surface area (Å²) in [7, 11) is 0. The Kier molecular flexibility index (Phi) is 5.79. The van der Waals surface area contributed by atoms with Gasteiger partial charge in [-0.1, -0.05) is 49.8 Å². The van der Waals surface area contributed by atoms with Crippen LogP contribution < -0.4 is 0 Å². The van der Waals surface area contributed by atoms with Gasteiger partial charge in [0.1, 0.15) is 0 Å². The molecule has 0 saturated heterocycles. The topological polar surface area (TPSA) is 20.2 Å². The Morgan fingerprint density at radius 3 is 2.60 bits per heavy atom. The first-order valence-corrected chi connectivity index (χ1v) is 5.69. The summed E-state index contributed by atoms with van der Waals surface area (Å²) < 4.78 is 0. The molecule has 0 aliphatic carbocycles. The van der Waals surface area contributed by atoms with E-state index in [-0.39, 0.29) is 6.61 Å². The van der Waals surface area contributed by atoms with Crippen molar-refractivity contribution in [1.29, 1.82) is 0 Å². The summed E-state index contributed by atoms with van der Waals surface area (Å²) in [5.41, 5.74) is 2.47. The average molecular weight is 204 g/mol. The summed E-state index contributed by atoms with van der Waals surface area (Å²) in [6, 6.07) is 10.4. The molecule has 1 N–H and O–H groups in total. The third-order valence-electron chi connectivity index (χ3n) is 2.52. The Bertz CT molecular complexity index is 287. The molecule has 15 heavy (non-hydrogen) atoms. The smallest absolute Gasteiger partial charge is 0.0641 e. The minimum absolute atomic E-state index is 0.201. The lowest BCUT2D eigenvalue weighted by molar-refractivity contribution is 0.325. The number of hydrogen-bond acceptors (Lipinski definition) is 1. The van der Waals surface area contributed by atoms with Crippen LogP contribution >= 0.6 is 0 Å². The zero-order valence-electron chi connectivity index (χ0n) is 9.45. The zero-order valence-corrected chi connectivity index (χ0v) is 9.45. The van der Waals surface area contributed by atoms with Gasteiger partial charge in [0, 0.05) is 0 Å². The summed E-state index contributed by atoms with van der Waals surface area (Å²) in [5, 5.41) is 9.16. The van der Waals surface area contributed by atoms with Crippen molar-refractivity contribution in [3.8, 4) is 0 Å². The van der Waals surface area contributed by atoms with E-state index in [1.54, 1.807) is 0 Å². The quantitative estimate of drug-likeness (QED) is 0.705. The number of hydrogen-bond donors (Lipinski definition) is 1. The second kappa shape index (κ2) is 7.24. The molecular weight excluding hydrogens is 184 g/mol. The van der Waals surface area contributed by atoms with Gasteiger partial charge in [0.2, 0.25) is 0 Å². The van der Waals surface area contributed by atoms with Crippen LogP contribution in [-0.4, -0.2) is 11.7 Å². The number of allylic oxidation sites excluding steroid dienone is 1. The highest BCUT2D eigenvalue weighted by Crippen LogP contribution is 2.09. The van der Waals surface area contributed by atoms with Crippen LogP contribution in [0.1, 0.15) is 31.7 Å². The standard InChI is InChI=1S/C14H20O/c1-2-3-7-14(12-15)11-10-13-8-5-4-6-9-13/h4-6,8-9,11,15H,2-3,7,10,12H2,1H3/b14-11+. The summed E-state index contributed by atoms with van der Waals surface area (Å²) >= 11 is 0. The van der Waals surface area contributed by atoms with Crippen molar-refractivity contribution in [2.45, 2.75) is 32.6 Å². The van der Waals surface area contributed by atoms with Crippen molar-refractivity contribution in [3.63, 3.8) is 0 Å². The molecule has 1 nitrogen and oxygen atoms in total. The molecule has 1 rings (SSSR count). The molecule has 0 saturated carbocycles. The minimum atomic E-state index is 0.201. The van der Waals surface area contributed by atoms with Gasteiger partial charge in [0.15, 0.2) is 0 Å². The third-order valence-corrected chi connectivity index (χ3v) is 2.52. The first-order valence-electron chi connectivity index (χ1n) is 5.69. The van der Waals surface area contributed by atoms with Crippen molar-refractivity contribution in [2.24, 2.45) is 0 Å². The molecule has 1 aromatic carbocycles. The lowest BCUT2D eigenvalue weighted by Gasteiger charge is -2.03. The van der Waals surface area contributed by atoms with Gasteiger partial charge in [0.25, 0.3) is 0 Å². The Hall–Kier alpha value is -1.08. The van der Waals surface area contributed by atoms with Crippen LogP contribution in [0.5, 0.6) is 0 Å². The highest BCUT2D eigenvalue weighted by Gasteiger charge is 1.95. The van der Waals surface area contributed by atoms with E-state index in [1.165, 1.54) is 24.0 Å². The van der Waals surface area contributed by atoms with E-state index in [4.69, 9.17) is 5.11 Å². The maximum Gasteiger partial charge on any atom is 0.0641 e. The van der Waals surface area contributed by atoms with Gasteiger partial charge >= 0.3 is 0 Å². The number of benzene rings is 1. The summed E-state index contributed by atoms with van der Waals surface area (Å²) in [6.45, 7) is 2.37. The zero-order chi connectivity index (χ0) is 10.9. The fraction of sp³-hybridized carbons (Fsp3) is 0.429. The first-order chi connectivity index (χ1) is 7.36. The second-order valence-electron chi connectivity index (χ2n) is 3.81. The number of unbranched alkanes of at least 4 members (excludes halogenated alkanes) is 1. The van der Waals surface area contributed by atoms with Gasteiger partial charge < -0.3 is 5.11 Å². The van der Waals surface area contributed by atoms with E-state index in [1.807, 2.05) is 18.2 Å². The Morgan fingerprint density at radius 2 is 2.00 bits per heavy atom. The molecule has 82 valence electrons. The maximum absolute atomic E-state index is 9.16. The molecular formula is C14H20O. The van der Waals surface area contributed by atoms with E-state index in [0.717, 1.165) is 12.8 Å². The van der Waals surface area contributed by atoms with Gasteiger partial charge in [0.05, 0.1) is 6.61 Å². The monoisotopic (exact) mass is 204 g/mol. The normalized spacial score (nSPS) is 11.7. The van der Waals surface area contributed by atoms with Crippen LogP contribution in [0.2, 0.25) is 0 Å². The maximum atomic E-state index is 9.16. The van der Waals surface area contributed by atoms with Crippen LogP contribution in [0.15, 0.2) is 42.0 Å². The molecule has 0 atom stereocenters. The summed E-state index contributed by atoms with van der Waals surface area (Å²) in [4.78, 5) is 0. The highest BCUT2D eigenvalue weighted by molar-refractivity contribution is 5.19. The van der Waals surface area contributed by atoms with Crippen LogP contribution in [0.25, 0.3) is 0 Å². The Balaban J connectivity index is 2.47. The van der Waals surface area contributed by atoms with Crippen molar-refractivity contribution in [1.82, 2.24) is 0 Å². The molecule has 0 unspecified atom stereocenters. The summed E-state index contributed by atoms with van der Waals surface area (Å²) in [6.07, 6.45) is 6.47. The van der Waals surface area contributed by atoms with Crippen molar-refractivity contribution in [3.05, 3.63) is 47.5 Å². The van der Waals surface area contributed by atoms with Gasteiger partial charge in [-0.2, -0.15) is 0 Å². The van der Waals surface area contributed by atoms with Crippen LogP contribution in [0.4, 0.5) is 0 Å². The van der Waals surface area contributed by atoms with Gasteiger partial charge in [-0.05, 0) is 30.4 Å². The molecule has 0 fully saturated rings. The first kappa shape index (κ1) is 12.0. The second-order valence-corrected chi connectivity index (χ2v) is 3.81. The average Bonchev–Trinajstić information content (AvgIpc) is 2.31. The van der Waals surface area contributed by atoms with Gasteiger partial charge in [-0.15, -0.1) is 0 Å². The summed E-state index contributed by atoms with van der Waals surface area (Å²) in [5.74, 6) is 0. The van der Waals surface area contributed by atoms with Crippen LogP contribution in [-0.2, 0) is 6.42 Å². The lowest BCUT2D eigenvalue weighted by atomic mass is 10.1. The van der Waals surface area contributed by atoms with E-state index < -0.39 is 0 Å². The predicted molar refractivity (Wildman–Crippen MR) is 64.8 cm³/mol. The molecule has 1 aromatic rings. The van der Waals surface area contributed by atoms with Crippen molar-refractivity contribution < 1.29 is 5.11 Å². The van der Waals surface area contributed by atoms with Gasteiger partial charge in [-0.25, -0.2) is 0 Å². The Morgan fingerprint density at radius 1 is 1.27 bits per heavy atom. The molecule has 0 aliphatic rings. The molecule has 0 radical (unpaired) electrons. The van der Waals surface area contributed by atoms with E-state index >= 15 is 0 Å². The van der Waals surface area contributed by atoms with Gasteiger partial charge in [-0.3, -0.25) is 0 Å². The van der Waals surface area contributed by atoms with Crippen LogP contribution in [0, 0.1) is 0 Å². The molecule has 1 heteroatoms. The fourth-order valence-corrected chi connectivity index (χ4v) is 1.53. The predicted octanol–water partition coefficient (Wildman–Crippen LogP) is 3.34. The van der Waals surface area contributed by atoms with Crippen LogP contribution in [0.3, 0.4) is 0 Å². The largest absolute Gasteiger partial charge is 0.392 e. The molecule has 0 heterocycles. The highest BCUT2D eigenvalue weighted by atomic mass is 16.3. The van der Waals surface area contributed by atoms with Crippen molar-refractivity contribution >= 4 is 0 Å². The number of rotatable bonds is 6. The third kappa shape index (κ3) is 4.80. The van der Waals surface area contributed by atoms with E-state index in [2.05, 4.69) is 25.1 Å². The minimum Gasteiger partial charge on any atom is -0.392 e. The molecule has 0 spiro atoms. The fourth-order valence-electron chi connectivity index (χ4n) is 1.53. The molecule has 0 aliphatic heterocycles. The molecule has 0 bridgehead atoms. The number of aliphatic hydroxyl groups is 1. The molecule has 0 amide bonds. The van der Waals surface area contributed by atoms with E-state index in [0.29, 0.717) is 0 Å². The SMILES string of the molecule is CCCC/C(=C\Cc1ccccc1)CO. The lowest BCUT2D eigenvalue weighted by Crippen LogP contribution is -1.92. The van der Waals surface area contributed by atoms with E-state index in [9.17, 15) is 0 Å². The Labute approximate surface area is 92.5 Å². The van der Waals surface area contributed by atoms with Crippen molar-refractivity contribution in [2.75, 3.05) is 6.61 Å². The number of aliphatic hydroxyl groups excluding tert-OH is 1. The molecule has 0 aromatic heterocycles.